The number of nitrogens with zero attached hydrogens (tertiary/aromatic N) is 4. The summed E-state index contributed by atoms with van der Waals surface area (Å²) in [6.45, 7) is 2.51. The average molecular weight is 468 g/mol. The molecule has 3 rings (SSSR count). The van der Waals surface area contributed by atoms with E-state index in [1.54, 1.807) is 4.90 Å². The number of nitrogens with one attached hydrogen (secondary N) is 1. The molecule has 7 nitrogen and oxygen atoms in total. The second-order valence-electron chi connectivity index (χ2n) is 6.44. The molecule has 140 valence electrons. The van der Waals surface area contributed by atoms with Crippen LogP contribution in [0.4, 0.5) is 5.69 Å². The molecule has 1 aliphatic rings. The fraction of sp³-hybridized carbons (Fsp3) is 0.389. The van der Waals surface area contributed by atoms with Crippen molar-refractivity contribution in [3.05, 3.63) is 47.8 Å². The second-order valence-corrected chi connectivity index (χ2v) is 6.44. The normalized spacial score (nSPS) is 20.2. The molecule has 1 aromatic heterocycles. The number of aryl methyl sites for hydroxylation is 1. The third-order valence-electron chi connectivity index (χ3n) is 4.83. The zero-order valence-corrected chi connectivity index (χ0v) is 17.5. The molecule has 0 saturated carbocycles. The van der Waals surface area contributed by atoms with Crippen molar-refractivity contribution in [3.8, 4) is 0 Å². The number of anilines is 1. The molecule has 0 unspecified atom stereocenters. The van der Waals surface area contributed by atoms with Gasteiger partial charge in [-0.15, -0.1) is 24.0 Å². The van der Waals surface area contributed by atoms with Crippen molar-refractivity contribution >= 4 is 41.5 Å². The number of likely N-dealkylation sites (tertiary alicyclic amines) is 1. The van der Waals surface area contributed by atoms with Gasteiger partial charge in [0.05, 0.1) is 12.2 Å². The number of rotatable bonds is 4. The van der Waals surface area contributed by atoms with Crippen LogP contribution in [0.1, 0.15) is 23.7 Å². The fourth-order valence-electron chi connectivity index (χ4n) is 3.31. The Hall–Kier alpha value is -2.10. The molecule has 1 amide bonds. The maximum Gasteiger partial charge on any atom is 0.223 e. The van der Waals surface area contributed by atoms with E-state index in [1.807, 2.05) is 62.2 Å². The minimum atomic E-state index is -0.0190. The number of hydrogen-bond acceptors (Lipinski definition) is 3. The van der Waals surface area contributed by atoms with Crippen LogP contribution in [0.3, 0.4) is 0 Å². The van der Waals surface area contributed by atoms with Crippen LogP contribution in [0.2, 0.25) is 0 Å². The molecule has 1 fully saturated rings. The van der Waals surface area contributed by atoms with E-state index in [9.17, 15) is 4.79 Å². The zero-order valence-electron chi connectivity index (χ0n) is 15.2. The predicted molar refractivity (Wildman–Crippen MR) is 114 cm³/mol. The first-order chi connectivity index (χ1) is 12.0. The van der Waals surface area contributed by atoms with Crippen molar-refractivity contribution in [2.24, 2.45) is 23.7 Å². The maximum absolute atomic E-state index is 12.2. The van der Waals surface area contributed by atoms with E-state index in [0.29, 0.717) is 18.9 Å². The van der Waals surface area contributed by atoms with Gasteiger partial charge in [0.15, 0.2) is 5.96 Å². The summed E-state index contributed by atoms with van der Waals surface area (Å²) in [4.78, 5) is 18.5. The number of benzene rings is 1. The molecule has 1 aliphatic heterocycles. The number of carbonyl (C=O) groups is 1. The standard InChI is InChI=1S/C18H24N6O.HI/c1-12-15(11-21-24(12)3)17-13(9-16(25)23(17)2)10-20-18(19)22-14-7-5-4-6-8-14;/h4-8,11,13,17H,9-10H2,1-3H3,(H3,19,20,22);1H/t13-,17+;/m0./s1. The van der Waals surface area contributed by atoms with Crippen LogP contribution in [-0.4, -0.2) is 40.1 Å². The molecule has 1 aromatic carbocycles. The summed E-state index contributed by atoms with van der Waals surface area (Å²) in [5.41, 5.74) is 9.03. The molecule has 2 heterocycles. The van der Waals surface area contributed by atoms with Gasteiger partial charge in [-0.05, 0) is 19.1 Å². The molecule has 26 heavy (non-hydrogen) atoms. The Balaban J connectivity index is 0.00000243. The maximum atomic E-state index is 12.2. The van der Waals surface area contributed by atoms with E-state index in [4.69, 9.17) is 5.73 Å². The Labute approximate surface area is 170 Å². The summed E-state index contributed by atoms with van der Waals surface area (Å²) in [6.07, 6.45) is 2.31. The smallest absolute Gasteiger partial charge is 0.223 e. The Bertz CT molecular complexity index is 788. The van der Waals surface area contributed by atoms with E-state index in [2.05, 4.69) is 15.4 Å². The van der Waals surface area contributed by atoms with Crippen molar-refractivity contribution in [1.82, 2.24) is 14.7 Å². The van der Waals surface area contributed by atoms with Crippen LogP contribution in [0.15, 0.2) is 41.5 Å². The summed E-state index contributed by atoms with van der Waals surface area (Å²) in [5.74, 6) is 0.564. The quantitative estimate of drug-likeness (QED) is 0.410. The minimum Gasteiger partial charge on any atom is -0.370 e. The van der Waals surface area contributed by atoms with Crippen LogP contribution in [0, 0.1) is 12.8 Å². The first-order valence-electron chi connectivity index (χ1n) is 8.33. The van der Waals surface area contributed by atoms with Crippen LogP contribution < -0.4 is 11.1 Å². The monoisotopic (exact) mass is 468 g/mol. The van der Waals surface area contributed by atoms with Crippen LogP contribution >= 0.6 is 24.0 Å². The number of carbonyl (C=O) groups excluding carboxylic acids is 1. The van der Waals surface area contributed by atoms with E-state index in [1.165, 1.54) is 0 Å². The van der Waals surface area contributed by atoms with Crippen molar-refractivity contribution in [3.63, 3.8) is 0 Å². The minimum absolute atomic E-state index is 0. The van der Waals surface area contributed by atoms with Gasteiger partial charge in [0.1, 0.15) is 0 Å². The highest BCUT2D eigenvalue weighted by atomic mass is 127. The van der Waals surface area contributed by atoms with E-state index in [0.717, 1.165) is 16.9 Å². The van der Waals surface area contributed by atoms with Gasteiger partial charge in [0.2, 0.25) is 5.91 Å². The lowest BCUT2D eigenvalue weighted by molar-refractivity contribution is -0.127. The summed E-state index contributed by atoms with van der Waals surface area (Å²) >= 11 is 0. The number of guanidine groups is 1. The predicted octanol–water partition coefficient (Wildman–Crippen LogP) is 2.29. The van der Waals surface area contributed by atoms with Crippen LogP contribution in [0.25, 0.3) is 0 Å². The van der Waals surface area contributed by atoms with Gasteiger partial charge in [-0.2, -0.15) is 5.10 Å². The summed E-state index contributed by atoms with van der Waals surface area (Å²) in [7, 11) is 3.75. The highest BCUT2D eigenvalue weighted by molar-refractivity contribution is 14.0. The zero-order chi connectivity index (χ0) is 18.0. The fourth-order valence-corrected chi connectivity index (χ4v) is 3.31. The summed E-state index contributed by atoms with van der Waals surface area (Å²) in [6, 6.07) is 9.64. The number of nitrogens with two attached hydrogens (primary N) is 1. The lowest BCUT2D eigenvalue weighted by Gasteiger charge is -2.24. The van der Waals surface area contributed by atoms with Gasteiger partial charge >= 0.3 is 0 Å². The van der Waals surface area contributed by atoms with E-state index in [-0.39, 0.29) is 41.8 Å². The van der Waals surface area contributed by atoms with Gasteiger partial charge < -0.3 is 16.0 Å². The molecule has 0 bridgehead atoms. The van der Waals surface area contributed by atoms with Gasteiger partial charge in [-0.25, -0.2) is 0 Å². The molecule has 0 aliphatic carbocycles. The lowest BCUT2D eigenvalue weighted by atomic mass is 9.94. The highest BCUT2D eigenvalue weighted by Gasteiger charge is 2.39. The average Bonchev–Trinajstić information content (AvgIpc) is 3.06. The number of halogens is 1. The van der Waals surface area contributed by atoms with E-state index < -0.39 is 0 Å². The summed E-state index contributed by atoms with van der Waals surface area (Å²) < 4.78 is 1.83. The molecule has 1 saturated heterocycles. The SMILES string of the molecule is Cc1c([C@H]2[C@H](CN=C(N)Nc3ccccc3)CC(=O)N2C)cnn1C.I. The van der Waals surface area contributed by atoms with Crippen molar-refractivity contribution in [2.45, 2.75) is 19.4 Å². The van der Waals surface area contributed by atoms with Gasteiger partial charge in [-0.3, -0.25) is 14.5 Å². The number of hydrogen-bond donors (Lipinski definition) is 2. The van der Waals surface area contributed by atoms with Crippen molar-refractivity contribution in [2.75, 3.05) is 18.9 Å². The van der Waals surface area contributed by atoms with Gasteiger partial charge in [0.25, 0.3) is 0 Å². The summed E-state index contributed by atoms with van der Waals surface area (Å²) in [5, 5.41) is 7.38. The largest absolute Gasteiger partial charge is 0.370 e. The Morgan fingerprint density at radius 2 is 2.04 bits per heavy atom. The Kier molecular flexibility index (Phi) is 6.63. The van der Waals surface area contributed by atoms with E-state index >= 15 is 0 Å². The molecular formula is C18H25IN6O. The molecule has 0 radical (unpaired) electrons. The number of para-hydroxylation sites is 1. The van der Waals surface area contributed by atoms with Gasteiger partial charge in [-0.1, -0.05) is 18.2 Å². The number of aliphatic imine (C=N–C) groups is 1. The Morgan fingerprint density at radius 1 is 1.35 bits per heavy atom. The number of amides is 1. The van der Waals surface area contributed by atoms with Crippen LogP contribution in [-0.2, 0) is 11.8 Å². The molecule has 3 N–H and O–H groups in total. The second kappa shape index (κ2) is 8.52. The molecule has 8 heteroatoms. The van der Waals surface area contributed by atoms with Crippen molar-refractivity contribution in [1.29, 1.82) is 0 Å². The molecule has 2 aromatic rings. The molecular weight excluding hydrogens is 443 g/mol. The molecule has 2 atom stereocenters. The first-order valence-corrected chi connectivity index (χ1v) is 8.33. The van der Waals surface area contributed by atoms with Crippen LogP contribution in [0.5, 0.6) is 0 Å². The molecule has 0 spiro atoms. The van der Waals surface area contributed by atoms with Gasteiger partial charge in [0, 0.05) is 49.9 Å². The highest BCUT2D eigenvalue weighted by Crippen LogP contribution is 2.38. The topological polar surface area (TPSA) is 88.5 Å². The first kappa shape index (κ1) is 20.2. The third kappa shape index (κ3) is 4.17. The van der Waals surface area contributed by atoms with Crippen molar-refractivity contribution < 1.29 is 4.79 Å². The lowest BCUT2D eigenvalue weighted by Crippen LogP contribution is -2.27. The number of aromatic nitrogens is 2. The third-order valence-corrected chi connectivity index (χ3v) is 4.83. The Morgan fingerprint density at radius 3 is 2.65 bits per heavy atom.